The van der Waals surface area contributed by atoms with E-state index in [1.165, 1.54) is 19.3 Å². The molecule has 3 atom stereocenters. The predicted molar refractivity (Wildman–Crippen MR) is 85.6 cm³/mol. The molecule has 0 amide bonds. The second kappa shape index (κ2) is 5.51. The molecule has 2 aliphatic carbocycles. The van der Waals surface area contributed by atoms with Crippen LogP contribution >= 0.6 is 11.3 Å². The van der Waals surface area contributed by atoms with E-state index in [0.29, 0.717) is 11.5 Å². The molecule has 1 aromatic heterocycles. The fraction of sp³-hybridized carbons (Fsp3) is 0.875. The molecule has 4 nitrogen and oxygen atoms in total. The van der Waals surface area contributed by atoms with Gasteiger partial charge in [-0.15, -0.1) is 5.10 Å². The first-order valence-electron chi connectivity index (χ1n) is 8.17. The molecule has 0 saturated heterocycles. The van der Waals surface area contributed by atoms with E-state index in [-0.39, 0.29) is 5.41 Å². The molecule has 2 aliphatic rings. The summed E-state index contributed by atoms with van der Waals surface area (Å²) in [6.45, 7) is 11.2. The van der Waals surface area contributed by atoms with Gasteiger partial charge >= 0.3 is 0 Å². The minimum absolute atomic E-state index is 0.282. The molecule has 2 fully saturated rings. The molecule has 2 saturated carbocycles. The molecule has 21 heavy (non-hydrogen) atoms. The summed E-state index contributed by atoms with van der Waals surface area (Å²) < 4.78 is 6.25. The quantitative estimate of drug-likeness (QED) is 0.815. The third-order valence-corrected chi connectivity index (χ3v) is 6.92. The highest BCUT2D eigenvalue weighted by Gasteiger charge is 2.62. The SMILES string of the molecule is CCCNCc1nnc(OC2CC3CCC2(C)C3(C)C)s1. The lowest BCUT2D eigenvalue weighted by Gasteiger charge is -2.38. The van der Waals surface area contributed by atoms with E-state index in [1.54, 1.807) is 11.3 Å². The van der Waals surface area contributed by atoms with Gasteiger partial charge in [0.2, 0.25) is 0 Å². The van der Waals surface area contributed by atoms with Gasteiger partial charge in [-0.1, -0.05) is 44.1 Å². The van der Waals surface area contributed by atoms with Gasteiger partial charge in [-0.3, -0.25) is 0 Å². The zero-order chi connectivity index (χ0) is 15.1. The van der Waals surface area contributed by atoms with Gasteiger partial charge in [-0.25, -0.2) is 0 Å². The Morgan fingerprint density at radius 2 is 2.14 bits per heavy atom. The van der Waals surface area contributed by atoms with E-state index in [1.807, 2.05) is 0 Å². The van der Waals surface area contributed by atoms with Crippen LogP contribution in [0.25, 0.3) is 0 Å². The van der Waals surface area contributed by atoms with E-state index >= 15 is 0 Å². The fourth-order valence-corrected chi connectivity index (χ4v) is 4.86. The summed E-state index contributed by atoms with van der Waals surface area (Å²) >= 11 is 1.59. The molecule has 5 heteroatoms. The largest absolute Gasteiger partial charge is 0.465 e. The first-order chi connectivity index (χ1) is 9.97. The molecular formula is C16H27N3OS. The summed E-state index contributed by atoms with van der Waals surface area (Å²) in [6.07, 6.45) is 5.24. The summed E-state index contributed by atoms with van der Waals surface area (Å²) in [5.41, 5.74) is 0.665. The lowest BCUT2D eigenvalue weighted by Crippen LogP contribution is -2.38. The topological polar surface area (TPSA) is 47.0 Å². The van der Waals surface area contributed by atoms with Gasteiger partial charge in [0, 0.05) is 12.0 Å². The molecule has 0 radical (unpaired) electrons. The lowest BCUT2D eigenvalue weighted by atomic mass is 9.70. The van der Waals surface area contributed by atoms with Crippen LogP contribution in [0.3, 0.4) is 0 Å². The van der Waals surface area contributed by atoms with Crippen LogP contribution in [0.5, 0.6) is 5.19 Å². The van der Waals surface area contributed by atoms with Crippen molar-refractivity contribution >= 4 is 11.3 Å². The van der Waals surface area contributed by atoms with Crippen molar-refractivity contribution in [3.63, 3.8) is 0 Å². The van der Waals surface area contributed by atoms with Gasteiger partial charge in [0.1, 0.15) is 11.1 Å². The van der Waals surface area contributed by atoms with Crippen LogP contribution in [0, 0.1) is 16.7 Å². The van der Waals surface area contributed by atoms with Crippen molar-refractivity contribution in [2.75, 3.05) is 6.54 Å². The Labute approximate surface area is 131 Å². The van der Waals surface area contributed by atoms with E-state index in [2.05, 4.69) is 43.2 Å². The van der Waals surface area contributed by atoms with Gasteiger partial charge in [0.05, 0.1) is 0 Å². The predicted octanol–water partition coefficient (Wildman–Crippen LogP) is 3.63. The molecule has 0 aromatic carbocycles. The lowest BCUT2D eigenvalue weighted by molar-refractivity contribution is 0.0296. The Kier molecular flexibility index (Phi) is 3.99. The monoisotopic (exact) mass is 309 g/mol. The van der Waals surface area contributed by atoms with Gasteiger partial charge in [-0.2, -0.15) is 0 Å². The standard InChI is InChI=1S/C16H27N3OS/c1-5-8-17-10-13-18-19-14(21-13)20-12-9-11-6-7-16(12,4)15(11,2)3/h11-12,17H,5-10H2,1-4H3. The summed E-state index contributed by atoms with van der Waals surface area (Å²) in [7, 11) is 0. The van der Waals surface area contributed by atoms with E-state index in [4.69, 9.17) is 4.74 Å². The van der Waals surface area contributed by atoms with Crippen molar-refractivity contribution in [2.24, 2.45) is 16.7 Å². The Bertz CT molecular complexity index is 501. The zero-order valence-electron chi connectivity index (χ0n) is 13.6. The molecule has 1 heterocycles. The maximum absolute atomic E-state index is 6.25. The molecule has 0 spiro atoms. The molecule has 3 unspecified atom stereocenters. The highest BCUT2D eigenvalue weighted by atomic mass is 32.1. The first-order valence-corrected chi connectivity index (χ1v) is 8.99. The zero-order valence-corrected chi connectivity index (χ0v) is 14.4. The van der Waals surface area contributed by atoms with Crippen LogP contribution in [-0.2, 0) is 6.54 Å². The maximum Gasteiger partial charge on any atom is 0.294 e. The van der Waals surface area contributed by atoms with E-state index in [0.717, 1.165) is 35.6 Å². The molecule has 1 N–H and O–H groups in total. The number of hydrogen-bond donors (Lipinski definition) is 1. The number of nitrogens with zero attached hydrogens (tertiary/aromatic N) is 2. The maximum atomic E-state index is 6.25. The summed E-state index contributed by atoms with van der Waals surface area (Å²) in [5.74, 6) is 0.797. The molecular weight excluding hydrogens is 282 g/mol. The van der Waals surface area contributed by atoms with Crippen LogP contribution in [0.15, 0.2) is 0 Å². The fourth-order valence-electron chi connectivity index (χ4n) is 4.16. The normalized spacial score (nSPS) is 33.5. The Morgan fingerprint density at radius 3 is 2.76 bits per heavy atom. The van der Waals surface area contributed by atoms with Crippen LogP contribution in [0.2, 0.25) is 0 Å². The minimum Gasteiger partial charge on any atom is -0.465 e. The average Bonchev–Trinajstić information content (AvgIpc) is 3.02. The van der Waals surface area contributed by atoms with Crippen molar-refractivity contribution in [3.8, 4) is 5.19 Å². The third-order valence-electron chi connectivity index (χ3n) is 6.11. The van der Waals surface area contributed by atoms with E-state index in [9.17, 15) is 0 Å². The number of rotatable bonds is 6. The van der Waals surface area contributed by atoms with Crippen LogP contribution in [0.4, 0.5) is 0 Å². The number of ether oxygens (including phenoxy) is 1. The van der Waals surface area contributed by atoms with Crippen LogP contribution < -0.4 is 10.1 Å². The molecule has 3 rings (SSSR count). The number of hydrogen-bond acceptors (Lipinski definition) is 5. The van der Waals surface area contributed by atoms with Gasteiger partial charge in [-0.05, 0) is 43.6 Å². The number of fused-ring (bicyclic) bond motifs is 2. The van der Waals surface area contributed by atoms with Gasteiger partial charge in [0.15, 0.2) is 0 Å². The summed E-state index contributed by atoms with van der Waals surface area (Å²) in [4.78, 5) is 0. The van der Waals surface area contributed by atoms with Crippen LogP contribution in [0.1, 0.15) is 58.4 Å². The number of nitrogens with one attached hydrogen (secondary N) is 1. The van der Waals surface area contributed by atoms with Gasteiger partial charge < -0.3 is 10.1 Å². The number of aromatic nitrogens is 2. The van der Waals surface area contributed by atoms with E-state index < -0.39 is 0 Å². The van der Waals surface area contributed by atoms with Crippen molar-refractivity contribution in [3.05, 3.63) is 5.01 Å². The van der Waals surface area contributed by atoms with Gasteiger partial charge in [0.25, 0.3) is 5.19 Å². The second-order valence-electron chi connectivity index (χ2n) is 7.36. The first kappa shape index (κ1) is 15.2. The smallest absolute Gasteiger partial charge is 0.294 e. The second-order valence-corrected chi connectivity index (χ2v) is 8.38. The Morgan fingerprint density at radius 1 is 1.33 bits per heavy atom. The molecule has 2 bridgehead atoms. The highest BCUT2D eigenvalue weighted by molar-refractivity contribution is 7.13. The minimum atomic E-state index is 0.282. The molecule has 1 aromatic rings. The Hall–Kier alpha value is -0.680. The molecule has 118 valence electrons. The van der Waals surface area contributed by atoms with Crippen molar-refractivity contribution in [1.29, 1.82) is 0 Å². The summed E-state index contributed by atoms with van der Waals surface area (Å²) in [6, 6.07) is 0. The Balaban J connectivity index is 1.63. The van der Waals surface area contributed by atoms with Crippen molar-refractivity contribution in [2.45, 2.75) is 66.0 Å². The molecule has 0 aliphatic heterocycles. The third kappa shape index (κ3) is 2.48. The van der Waals surface area contributed by atoms with Crippen LogP contribution in [-0.4, -0.2) is 22.8 Å². The average molecular weight is 309 g/mol. The van der Waals surface area contributed by atoms with Crippen molar-refractivity contribution < 1.29 is 4.74 Å². The highest BCUT2D eigenvalue weighted by Crippen LogP contribution is 2.66. The summed E-state index contributed by atoms with van der Waals surface area (Å²) in [5, 5.41) is 13.6. The van der Waals surface area contributed by atoms with Crippen molar-refractivity contribution in [1.82, 2.24) is 15.5 Å².